The zero-order valence-corrected chi connectivity index (χ0v) is 13.6. The largest absolute Gasteiger partial charge is 0.398 e. The lowest BCUT2D eigenvalue weighted by atomic mass is 10.00. The lowest BCUT2D eigenvalue weighted by Crippen LogP contribution is -2.39. The van der Waals surface area contributed by atoms with Gasteiger partial charge in [-0.05, 0) is 44.4 Å². The lowest BCUT2D eigenvalue weighted by Gasteiger charge is -2.30. The molecule has 0 aliphatic carbocycles. The quantitative estimate of drug-likeness (QED) is 0.862. The fourth-order valence-corrected chi connectivity index (χ4v) is 3.73. The van der Waals surface area contributed by atoms with Crippen molar-refractivity contribution in [3.63, 3.8) is 0 Å². The Bertz CT molecular complexity index is 791. The number of nitrogens with zero attached hydrogens (tertiary/aromatic N) is 2. The molecule has 1 aliphatic rings. The smallest absolute Gasteiger partial charge is 0.308 e. The van der Waals surface area contributed by atoms with Crippen LogP contribution in [0.5, 0.6) is 0 Å². The van der Waals surface area contributed by atoms with Gasteiger partial charge in [0.05, 0.1) is 0 Å². The molecular weight excluding hydrogens is 298 g/mol. The molecule has 1 aliphatic heterocycles. The van der Waals surface area contributed by atoms with Crippen LogP contribution in [0.4, 0.5) is 11.4 Å². The van der Waals surface area contributed by atoms with E-state index in [0.717, 1.165) is 40.4 Å². The van der Waals surface area contributed by atoms with Gasteiger partial charge in [0, 0.05) is 28.5 Å². The number of anilines is 2. The second kappa shape index (κ2) is 5.61. The Morgan fingerprint density at radius 2 is 2.14 bits per heavy atom. The van der Waals surface area contributed by atoms with Crippen LogP contribution in [-0.2, 0) is 17.8 Å². The third-order valence-electron chi connectivity index (χ3n) is 4.26. The molecule has 1 aromatic heterocycles. The van der Waals surface area contributed by atoms with Crippen LogP contribution in [-0.4, -0.2) is 17.0 Å². The summed E-state index contributed by atoms with van der Waals surface area (Å²) in [5.74, 6) is -0.0606. The fraction of sp³-hybridized carbons (Fsp3) is 0.375. The van der Waals surface area contributed by atoms with Crippen LogP contribution >= 0.6 is 11.3 Å². The predicted octanol–water partition coefficient (Wildman–Crippen LogP) is 2.09. The SMILES string of the molecule is Cc1sc(=O)n(CC(=O)N2CCCc3c(N)cccc32)c1C. The summed E-state index contributed by atoms with van der Waals surface area (Å²) in [6.07, 6.45) is 1.78. The Morgan fingerprint density at radius 3 is 2.82 bits per heavy atom. The van der Waals surface area contributed by atoms with Gasteiger partial charge in [-0.1, -0.05) is 17.4 Å². The zero-order valence-electron chi connectivity index (χ0n) is 12.8. The third kappa shape index (κ3) is 2.43. The van der Waals surface area contributed by atoms with Gasteiger partial charge >= 0.3 is 4.87 Å². The normalized spacial score (nSPS) is 14.0. The maximum atomic E-state index is 12.7. The van der Waals surface area contributed by atoms with Crippen LogP contribution in [0.1, 0.15) is 22.6 Å². The summed E-state index contributed by atoms with van der Waals surface area (Å²) in [6, 6.07) is 5.66. The van der Waals surface area contributed by atoms with Crippen molar-refractivity contribution in [3.05, 3.63) is 44.0 Å². The van der Waals surface area contributed by atoms with Gasteiger partial charge in [0.25, 0.3) is 0 Å². The van der Waals surface area contributed by atoms with E-state index in [4.69, 9.17) is 5.73 Å². The summed E-state index contributed by atoms with van der Waals surface area (Å²) in [7, 11) is 0. The van der Waals surface area contributed by atoms with Crippen molar-refractivity contribution in [3.8, 4) is 0 Å². The summed E-state index contributed by atoms with van der Waals surface area (Å²) < 4.78 is 1.56. The van der Waals surface area contributed by atoms with Crippen LogP contribution in [0.3, 0.4) is 0 Å². The minimum absolute atomic E-state index is 0.0606. The monoisotopic (exact) mass is 317 g/mol. The number of aryl methyl sites for hydroxylation is 1. The molecule has 0 spiro atoms. The van der Waals surface area contributed by atoms with Crippen molar-refractivity contribution in [2.24, 2.45) is 0 Å². The molecule has 1 aromatic carbocycles. The molecular formula is C16H19N3O2S. The van der Waals surface area contributed by atoms with Crippen LogP contribution in [0.2, 0.25) is 0 Å². The Balaban J connectivity index is 1.91. The van der Waals surface area contributed by atoms with E-state index in [0.29, 0.717) is 6.54 Å². The zero-order chi connectivity index (χ0) is 15.9. The van der Waals surface area contributed by atoms with Gasteiger partial charge in [-0.15, -0.1) is 0 Å². The number of thiazole rings is 1. The van der Waals surface area contributed by atoms with Gasteiger partial charge in [-0.25, -0.2) is 0 Å². The maximum Gasteiger partial charge on any atom is 0.308 e. The average molecular weight is 317 g/mol. The van der Waals surface area contributed by atoms with Crippen molar-refractivity contribution in [1.29, 1.82) is 0 Å². The highest BCUT2D eigenvalue weighted by Gasteiger charge is 2.24. The Morgan fingerprint density at radius 1 is 1.36 bits per heavy atom. The van der Waals surface area contributed by atoms with E-state index in [1.54, 1.807) is 9.47 Å². The van der Waals surface area contributed by atoms with Crippen LogP contribution in [0.25, 0.3) is 0 Å². The van der Waals surface area contributed by atoms with E-state index >= 15 is 0 Å². The summed E-state index contributed by atoms with van der Waals surface area (Å²) in [4.78, 5) is 27.3. The molecule has 0 saturated heterocycles. The lowest BCUT2D eigenvalue weighted by molar-refractivity contribution is -0.119. The Hall–Kier alpha value is -2.08. The van der Waals surface area contributed by atoms with Gasteiger partial charge in [-0.2, -0.15) is 0 Å². The number of amides is 1. The topological polar surface area (TPSA) is 68.3 Å². The van der Waals surface area contributed by atoms with E-state index in [1.165, 1.54) is 11.3 Å². The summed E-state index contributed by atoms with van der Waals surface area (Å²) in [5, 5.41) is 0. The van der Waals surface area contributed by atoms with Crippen molar-refractivity contribution >= 4 is 28.6 Å². The number of carbonyl (C=O) groups excluding carboxylic acids is 1. The number of nitrogens with two attached hydrogens (primary N) is 1. The van der Waals surface area contributed by atoms with Crippen molar-refractivity contribution in [2.75, 3.05) is 17.2 Å². The minimum atomic E-state index is -0.0758. The van der Waals surface area contributed by atoms with E-state index in [2.05, 4.69) is 0 Å². The van der Waals surface area contributed by atoms with Gasteiger partial charge in [-0.3, -0.25) is 14.2 Å². The number of hydrogen-bond donors (Lipinski definition) is 1. The van der Waals surface area contributed by atoms with Crippen LogP contribution in [0, 0.1) is 13.8 Å². The Kier molecular flexibility index (Phi) is 3.78. The molecule has 2 aromatic rings. The third-order valence-corrected chi connectivity index (χ3v) is 5.25. The number of nitrogen functional groups attached to an aromatic ring is 1. The van der Waals surface area contributed by atoms with E-state index in [1.807, 2.05) is 32.0 Å². The summed E-state index contributed by atoms with van der Waals surface area (Å²) >= 11 is 1.19. The number of hydrogen-bond acceptors (Lipinski definition) is 4. The Labute approximate surface area is 133 Å². The molecule has 22 heavy (non-hydrogen) atoms. The number of aromatic nitrogens is 1. The molecule has 2 heterocycles. The summed E-state index contributed by atoms with van der Waals surface area (Å²) in [5.41, 5.74) is 9.53. The molecule has 2 N–H and O–H groups in total. The minimum Gasteiger partial charge on any atom is -0.398 e. The molecule has 5 nitrogen and oxygen atoms in total. The molecule has 1 amide bonds. The summed E-state index contributed by atoms with van der Waals surface area (Å²) in [6.45, 7) is 4.54. The molecule has 0 bridgehead atoms. The second-order valence-electron chi connectivity index (χ2n) is 5.59. The standard InChI is InChI=1S/C16H19N3O2S/c1-10-11(2)22-16(21)19(10)9-15(20)18-8-4-5-12-13(17)6-3-7-14(12)18/h3,6-7H,4-5,8-9,17H2,1-2H3. The molecule has 0 saturated carbocycles. The van der Waals surface area contributed by atoms with Crippen molar-refractivity contribution in [1.82, 2.24) is 4.57 Å². The number of fused-ring (bicyclic) bond motifs is 1. The first kappa shape index (κ1) is 14.8. The average Bonchev–Trinajstić information content (AvgIpc) is 2.73. The van der Waals surface area contributed by atoms with E-state index in [9.17, 15) is 9.59 Å². The molecule has 0 radical (unpaired) electrons. The molecule has 0 unspecified atom stereocenters. The molecule has 3 rings (SSSR count). The first-order valence-corrected chi connectivity index (χ1v) is 8.15. The van der Waals surface area contributed by atoms with Crippen LogP contribution in [0.15, 0.2) is 23.0 Å². The van der Waals surface area contributed by atoms with Gasteiger partial charge < -0.3 is 10.6 Å². The first-order chi connectivity index (χ1) is 10.5. The van der Waals surface area contributed by atoms with Crippen LogP contribution < -0.4 is 15.5 Å². The number of rotatable bonds is 2. The first-order valence-electron chi connectivity index (χ1n) is 7.33. The highest BCUT2D eigenvalue weighted by molar-refractivity contribution is 7.09. The van der Waals surface area contributed by atoms with E-state index < -0.39 is 0 Å². The van der Waals surface area contributed by atoms with Gasteiger partial charge in [0.2, 0.25) is 5.91 Å². The highest BCUT2D eigenvalue weighted by atomic mass is 32.1. The van der Waals surface area contributed by atoms with Gasteiger partial charge in [0.15, 0.2) is 0 Å². The molecule has 0 atom stereocenters. The second-order valence-corrected chi connectivity index (χ2v) is 6.76. The number of carbonyl (C=O) groups is 1. The predicted molar refractivity (Wildman–Crippen MR) is 89.6 cm³/mol. The van der Waals surface area contributed by atoms with E-state index in [-0.39, 0.29) is 17.3 Å². The molecule has 0 fully saturated rings. The number of benzene rings is 1. The van der Waals surface area contributed by atoms with Gasteiger partial charge in [0.1, 0.15) is 6.54 Å². The molecule has 116 valence electrons. The fourth-order valence-electron chi connectivity index (χ4n) is 2.90. The maximum absolute atomic E-state index is 12.7. The molecule has 6 heteroatoms. The highest BCUT2D eigenvalue weighted by Crippen LogP contribution is 2.31. The van der Waals surface area contributed by atoms with Crippen molar-refractivity contribution < 1.29 is 4.79 Å². The van der Waals surface area contributed by atoms with Crippen molar-refractivity contribution in [2.45, 2.75) is 33.2 Å².